The van der Waals surface area contributed by atoms with E-state index in [1.807, 2.05) is 18.2 Å². The van der Waals surface area contributed by atoms with E-state index in [0.717, 1.165) is 12.0 Å². The fourth-order valence-electron chi connectivity index (χ4n) is 1.15. The maximum atomic E-state index is 10.7. The van der Waals surface area contributed by atoms with Gasteiger partial charge in [-0.3, -0.25) is 4.79 Å². The number of benzene rings is 1. The van der Waals surface area contributed by atoms with Gasteiger partial charge in [0.25, 0.3) is 0 Å². The van der Waals surface area contributed by atoms with Crippen LogP contribution in [0.3, 0.4) is 0 Å². The van der Waals surface area contributed by atoms with Crippen LogP contribution in [-0.2, 0) is 16.0 Å². The maximum Gasteiger partial charge on any atom is 0.249 e. The molecule has 0 atom stereocenters. The smallest absolute Gasteiger partial charge is 0.249 e. The zero-order chi connectivity index (χ0) is 11.1. The minimum Gasteiger partial charge on any atom is -0.384 e. The van der Waals surface area contributed by atoms with Gasteiger partial charge in [0, 0.05) is 14.0 Å². The summed E-state index contributed by atoms with van der Waals surface area (Å²) in [7, 11) is 1.65. The molecule has 0 bridgehead atoms. The lowest BCUT2D eigenvalue weighted by Crippen LogP contribution is -2.24. The van der Waals surface area contributed by atoms with E-state index in [1.54, 1.807) is 13.2 Å². The largest absolute Gasteiger partial charge is 0.384 e. The summed E-state index contributed by atoms with van der Waals surface area (Å²) in [6.07, 6.45) is 0.756. The Kier molecular flexibility index (Phi) is 7.33. The molecule has 0 saturated carbocycles. The van der Waals surface area contributed by atoms with Crippen molar-refractivity contribution in [3.63, 3.8) is 0 Å². The van der Waals surface area contributed by atoms with Gasteiger partial charge in [-0.2, -0.15) is 5.48 Å². The average Bonchev–Trinajstić information content (AvgIpc) is 2.24. The van der Waals surface area contributed by atoms with Crippen LogP contribution < -0.4 is 10.3 Å². The first-order valence-corrected chi connectivity index (χ1v) is 4.74. The van der Waals surface area contributed by atoms with Gasteiger partial charge in [-0.15, -0.1) is 12.4 Å². The molecular weight excluding hydrogens is 230 g/mol. The van der Waals surface area contributed by atoms with Crippen molar-refractivity contribution in [3.05, 3.63) is 29.8 Å². The number of hydroxylamine groups is 1. The van der Waals surface area contributed by atoms with Gasteiger partial charge in [-0.25, -0.2) is 0 Å². The van der Waals surface area contributed by atoms with Crippen LogP contribution in [0.2, 0.25) is 0 Å². The molecule has 1 N–H and O–H groups in total. The van der Waals surface area contributed by atoms with E-state index in [0.29, 0.717) is 12.4 Å². The third-order valence-corrected chi connectivity index (χ3v) is 1.85. The van der Waals surface area contributed by atoms with E-state index in [4.69, 9.17) is 9.57 Å². The number of nitrogens with one attached hydrogen (secondary N) is 1. The molecule has 0 heterocycles. The predicted octanol–water partition coefficient (Wildman–Crippen LogP) is 1.73. The van der Waals surface area contributed by atoms with Gasteiger partial charge >= 0.3 is 0 Å². The van der Waals surface area contributed by atoms with Crippen molar-refractivity contribution in [2.24, 2.45) is 0 Å². The number of hydrogen-bond acceptors (Lipinski definition) is 3. The lowest BCUT2D eigenvalue weighted by atomic mass is 10.1. The Morgan fingerprint density at radius 3 is 2.69 bits per heavy atom. The second-order valence-electron chi connectivity index (χ2n) is 3.11. The molecular formula is C11H16ClNO3. The number of rotatable bonds is 5. The number of hydrogen-bond donors (Lipinski definition) is 1. The van der Waals surface area contributed by atoms with E-state index >= 15 is 0 Å². The van der Waals surface area contributed by atoms with Crippen LogP contribution >= 0.6 is 12.4 Å². The zero-order valence-corrected chi connectivity index (χ0v) is 10.2. The summed E-state index contributed by atoms with van der Waals surface area (Å²) in [5.41, 5.74) is 3.31. The second-order valence-corrected chi connectivity index (χ2v) is 3.11. The third-order valence-electron chi connectivity index (χ3n) is 1.85. The third kappa shape index (κ3) is 5.00. The van der Waals surface area contributed by atoms with Crippen molar-refractivity contribution < 1.29 is 14.4 Å². The highest BCUT2D eigenvalue weighted by atomic mass is 35.5. The first-order valence-electron chi connectivity index (χ1n) is 4.74. The Labute approximate surface area is 101 Å². The first-order chi connectivity index (χ1) is 7.24. The molecule has 1 rings (SSSR count). The number of para-hydroxylation sites is 1. The molecule has 1 amide bonds. The minimum absolute atomic E-state index is 0. The van der Waals surface area contributed by atoms with E-state index in [2.05, 4.69) is 5.48 Å². The zero-order valence-electron chi connectivity index (χ0n) is 9.36. The minimum atomic E-state index is -0.225. The Bertz CT molecular complexity index is 331. The highest BCUT2D eigenvalue weighted by Crippen LogP contribution is 2.17. The predicted molar refractivity (Wildman–Crippen MR) is 63.7 cm³/mol. The van der Waals surface area contributed by atoms with Crippen molar-refractivity contribution in [1.82, 2.24) is 5.48 Å². The molecule has 4 nitrogen and oxygen atoms in total. The Balaban J connectivity index is 0.00000225. The lowest BCUT2D eigenvalue weighted by Gasteiger charge is -2.09. The quantitative estimate of drug-likeness (QED) is 0.804. The van der Waals surface area contributed by atoms with Gasteiger partial charge in [-0.1, -0.05) is 18.2 Å². The fourth-order valence-corrected chi connectivity index (χ4v) is 1.15. The molecule has 0 aliphatic heterocycles. The summed E-state index contributed by atoms with van der Waals surface area (Å²) in [6.45, 7) is 2.03. The molecule has 0 radical (unpaired) electrons. The van der Waals surface area contributed by atoms with Crippen molar-refractivity contribution in [3.8, 4) is 5.75 Å². The van der Waals surface area contributed by atoms with Crippen LogP contribution in [-0.4, -0.2) is 19.6 Å². The van der Waals surface area contributed by atoms with Crippen molar-refractivity contribution in [1.29, 1.82) is 0 Å². The topological polar surface area (TPSA) is 47.6 Å². The van der Waals surface area contributed by atoms with Gasteiger partial charge < -0.3 is 9.57 Å². The summed E-state index contributed by atoms with van der Waals surface area (Å²) >= 11 is 0. The summed E-state index contributed by atoms with van der Waals surface area (Å²) in [5.74, 6) is 0.432. The molecule has 5 heteroatoms. The molecule has 90 valence electrons. The molecule has 0 aliphatic carbocycles. The molecule has 16 heavy (non-hydrogen) atoms. The summed E-state index contributed by atoms with van der Waals surface area (Å²) < 4.78 is 4.98. The summed E-state index contributed by atoms with van der Waals surface area (Å²) in [5, 5.41) is 0. The number of methoxy groups -OCH3 is 1. The van der Waals surface area contributed by atoms with Gasteiger partial charge in [0.2, 0.25) is 5.91 Å². The van der Waals surface area contributed by atoms with E-state index in [9.17, 15) is 4.79 Å². The van der Waals surface area contributed by atoms with E-state index < -0.39 is 0 Å². The van der Waals surface area contributed by atoms with Gasteiger partial charge in [0.15, 0.2) is 5.75 Å². The number of ether oxygens (including phenoxy) is 1. The normalized spacial score (nSPS) is 9.12. The van der Waals surface area contributed by atoms with Crippen molar-refractivity contribution in [2.45, 2.75) is 13.3 Å². The van der Waals surface area contributed by atoms with Gasteiger partial charge in [0.05, 0.1) is 6.61 Å². The van der Waals surface area contributed by atoms with Crippen LogP contribution in [0.1, 0.15) is 12.5 Å². The monoisotopic (exact) mass is 245 g/mol. The standard InChI is InChI=1S/C11H15NO3.ClH/c1-9(13)12-15-11-6-4-3-5-10(11)7-8-14-2;/h3-6H,7-8H2,1-2H3,(H,12,13);1H. The number of carbonyl (C=O) groups excluding carboxylic acids is 1. The van der Waals surface area contributed by atoms with Crippen molar-refractivity contribution in [2.75, 3.05) is 13.7 Å². The van der Waals surface area contributed by atoms with E-state index in [1.165, 1.54) is 6.92 Å². The number of halogens is 1. The average molecular weight is 246 g/mol. The van der Waals surface area contributed by atoms with Crippen molar-refractivity contribution >= 4 is 18.3 Å². The maximum absolute atomic E-state index is 10.7. The Morgan fingerprint density at radius 2 is 2.06 bits per heavy atom. The fraction of sp³-hybridized carbons (Fsp3) is 0.364. The Hall–Kier alpha value is -1.26. The molecule has 0 aromatic heterocycles. The molecule has 1 aromatic rings. The number of carbonyl (C=O) groups is 1. The highest BCUT2D eigenvalue weighted by Gasteiger charge is 2.03. The molecule has 0 aliphatic rings. The SMILES string of the molecule is COCCc1ccccc1ONC(C)=O.Cl. The Morgan fingerprint density at radius 1 is 1.38 bits per heavy atom. The van der Waals surface area contributed by atoms with E-state index in [-0.39, 0.29) is 18.3 Å². The molecule has 0 unspecified atom stereocenters. The molecule has 1 aromatic carbocycles. The van der Waals surface area contributed by atoms with Crippen LogP contribution in [0.4, 0.5) is 0 Å². The lowest BCUT2D eigenvalue weighted by molar-refractivity contribution is -0.125. The van der Waals surface area contributed by atoms with Gasteiger partial charge in [-0.05, 0) is 18.1 Å². The number of amides is 1. The van der Waals surface area contributed by atoms with Crippen LogP contribution in [0.25, 0.3) is 0 Å². The molecule has 0 saturated heterocycles. The van der Waals surface area contributed by atoms with Gasteiger partial charge in [0.1, 0.15) is 0 Å². The highest BCUT2D eigenvalue weighted by molar-refractivity contribution is 5.85. The summed E-state index contributed by atoms with van der Waals surface area (Å²) in [4.78, 5) is 15.8. The first kappa shape index (κ1) is 14.7. The van der Waals surface area contributed by atoms with Crippen LogP contribution in [0.5, 0.6) is 5.75 Å². The molecule has 0 fully saturated rings. The molecule has 0 spiro atoms. The second kappa shape index (κ2) is 7.96. The summed E-state index contributed by atoms with van der Waals surface area (Å²) in [6, 6.07) is 7.52. The van der Waals surface area contributed by atoms with Crippen LogP contribution in [0.15, 0.2) is 24.3 Å². The van der Waals surface area contributed by atoms with Crippen LogP contribution in [0, 0.1) is 0 Å².